The number of carbonyl (C=O) groups excluding carboxylic acids is 2. The summed E-state index contributed by atoms with van der Waals surface area (Å²) in [6.45, 7) is 3.64. The van der Waals surface area contributed by atoms with Gasteiger partial charge in [-0.3, -0.25) is 4.79 Å². The van der Waals surface area contributed by atoms with Crippen molar-refractivity contribution in [1.29, 1.82) is 5.26 Å². The average molecular weight is 330 g/mol. The van der Waals surface area contributed by atoms with Gasteiger partial charge in [0.05, 0.1) is 0 Å². The standard InChI is InChI=1S/C18H22N2O4/c1-3-4-14(2)20-17(21)13-24-18(22)10-7-15-5-8-16(9-6-15)23-12-11-19/h5-10,14H,3-4,12-13H2,1-2H3,(H,20,21)/b10-7+. The number of ether oxygens (including phenoxy) is 2. The summed E-state index contributed by atoms with van der Waals surface area (Å²) >= 11 is 0. The van der Waals surface area contributed by atoms with Crippen molar-refractivity contribution in [3.05, 3.63) is 35.9 Å². The monoisotopic (exact) mass is 330 g/mol. The van der Waals surface area contributed by atoms with Crippen LogP contribution in [0.2, 0.25) is 0 Å². The molecule has 0 aromatic heterocycles. The van der Waals surface area contributed by atoms with E-state index in [1.807, 2.05) is 19.9 Å². The molecule has 1 rings (SSSR count). The molecular formula is C18H22N2O4. The van der Waals surface area contributed by atoms with Crippen LogP contribution < -0.4 is 10.1 Å². The molecule has 1 aromatic carbocycles. The molecule has 0 bridgehead atoms. The Morgan fingerprint density at radius 3 is 2.67 bits per heavy atom. The summed E-state index contributed by atoms with van der Waals surface area (Å²) in [5.41, 5.74) is 0.775. The van der Waals surface area contributed by atoms with Crippen LogP contribution in [0.25, 0.3) is 6.08 Å². The van der Waals surface area contributed by atoms with Gasteiger partial charge in [-0.05, 0) is 37.1 Å². The first kappa shape index (κ1) is 19.2. The lowest BCUT2D eigenvalue weighted by Gasteiger charge is -2.12. The number of amides is 1. The van der Waals surface area contributed by atoms with E-state index in [9.17, 15) is 9.59 Å². The van der Waals surface area contributed by atoms with Crippen molar-refractivity contribution >= 4 is 18.0 Å². The highest BCUT2D eigenvalue weighted by molar-refractivity contribution is 5.89. The highest BCUT2D eigenvalue weighted by Crippen LogP contribution is 2.13. The minimum Gasteiger partial charge on any atom is -0.479 e. The van der Waals surface area contributed by atoms with Gasteiger partial charge in [0.15, 0.2) is 13.2 Å². The molecule has 6 nitrogen and oxygen atoms in total. The van der Waals surface area contributed by atoms with E-state index in [1.165, 1.54) is 6.08 Å². The number of esters is 1. The normalized spacial score (nSPS) is 11.5. The van der Waals surface area contributed by atoms with Crippen molar-refractivity contribution in [3.8, 4) is 11.8 Å². The number of nitrogens with one attached hydrogen (secondary N) is 1. The first-order valence-electron chi connectivity index (χ1n) is 7.79. The Kier molecular flexibility index (Phi) is 8.69. The molecule has 0 fully saturated rings. The number of carbonyl (C=O) groups is 2. The fourth-order valence-corrected chi connectivity index (χ4v) is 1.96. The molecule has 0 radical (unpaired) electrons. The van der Waals surface area contributed by atoms with E-state index in [0.29, 0.717) is 5.75 Å². The van der Waals surface area contributed by atoms with E-state index < -0.39 is 5.97 Å². The van der Waals surface area contributed by atoms with Crippen LogP contribution in [0.1, 0.15) is 32.3 Å². The minimum atomic E-state index is -0.585. The minimum absolute atomic E-state index is 0.0134. The van der Waals surface area contributed by atoms with Gasteiger partial charge in [0.2, 0.25) is 0 Å². The average Bonchev–Trinajstić information content (AvgIpc) is 2.57. The fraction of sp³-hybridized carbons (Fsp3) is 0.389. The lowest BCUT2D eigenvalue weighted by Crippen LogP contribution is -2.35. The molecule has 24 heavy (non-hydrogen) atoms. The van der Waals surface area contributed by atoms with Crippen molar-refractivity contribution in [3.63, 3.8) is 0 Å². The van der Waals surface area contributed by atoms with Gasteiger partial charge in [-0.15, -0.1) is 0 Å². The number of benzene rings is 1. The van der Waals surface area contributed by atoms with E-state index in [4.69, 9.17) is 14.7 Å². The quantitative estimate of drug-likeness (QED) is 0.555. The Bertz CT molecular complexity index is 602. The third kappa shape index (κ3) is 7.99. The van der Waals surface area contributed by atoms with E-state index in [2.05, 4.69) is 5.32 Å². The molecule has 128 valence electrons. The summed E-state index contributed by atoms with van der Waals surface area (Å²) in [6, 6.07) is 8.84. The first-order chi connectivity index (χ1) is 11.5. The van der Waals surface area contributed by atoms with E-state index in [-0.39, 0.29) is 25.2 Å². The van der Waals surface area contributed by atoms with Gasteiger partial charge in [-0.2, -0.15) is 5.26 Å². The van der Waals surface area contributed by atoms with Crippen LogP contribution in [0.4, 0.5) is 0 Å². The second kappa shape index (κ2) is 10.8. The molecule has 0 saturated heterocycles. The molecule has 0 spiro atoms. The maximum Gasteiger partial charge on any atom is 0.331 e. The van der Waals surface area contributed by atoms with Gasteiger partial charge < -0.3 is 14.8 Å². The number of hydrogen-bond acceptors (Lipinski definition) is 5. The van der Waals surface area contributed by atoms with Crippen LogP contribution in [0.15, 0.2) is 30.3 Å². The molecule has 0 aliphatic heterocycles. The van der Waals surface area contributed by atoms with Crippen LogP contribution >= 0.6 is 0 Å². The number of nitrogens with zero attached hydrogens (tertiary/aromatic N) is 1. The molecule has 0 heterocycles. The Morgan fingerprint density at radius 2 is 2.04 bits per heavy atom. The van der Waals surface area contributed by atoms with E-state index in [1.54, 1.807) is 30.3 Å². The summed E-state index contributed by atoms with van der Waals surface area (Å²) in [6.07, 6.45) is 4.69. The number of nitriles is 1. The second-order valence-corrected chi connectivity index (χ2v) is 5.21. The van der Waals surface area contributed by atoms with Crippen molar-refractivity contribution in [2.45, 2.75) is 32.7 Å². The third-order valence-electron chi connectivity index (χ3n) is 3.07. The van der Waals surface area contributed by atoms with Crippen LogP contribution in [0.3, 0.4) is 0 Å². The highest BCUT2D eigenvalue weighted by atomic mass is 16.5. The van der Waals surface area contributed by atoms with Crippen LogP contribution in [-0.4, -0.2) is 31.1 Å². The topological polar surface area (TPSA) is 88.4 Å². The van der Waals surface area contributed by atoms with Crippen LogP contribution in [-0.2, 0) is 14.3 Å². The zero-order chi connectivity index (χ0) is 17.8. The summed E-state index contributed by atoms with van der Waals surface area (Å²) < 4.78 is 10.0. The summed E-state index contributed by atoms with van der Waals surface area (Å²) in [4.78, 5) is 23.2. The molecule has 6 heteroatoms. The molecular weight excluding hydrogens is 308 g/mol. The van der Waals surface area contributed by atoms with Crippen molar-refractivity contribution in [2.75, 3.05) is 13.2 Å². The maximum atomic E-state index is 11.6. The van der Waals surface area contributed by atoms with Gasteiger partial charge in [-0.25, -0.2) is 4.79 Å². The molecule has 0 saturated carbocycles. The summed E-state index contributed by atoms with van der Waals surface area (Å²) in [5, 5.41) is 11.2. The zero-order valence-corrected chi connectivity index (χ0v) is 14.0. The zero-order valence-electron chi connectivity index (χ0n) is 14.0. The first-order valence-corrected chi connectivity index (χ1v) is 7.79. The predicted molar refractivity (Wildman–Crippen MR) is 90.1 cm³/mol. The fourth-order valence-electron chi connectivity index (χ4n) is 1.96. The SMILES string of the molecule is CCCC(C)NC(=O)COC(=O)/C=C/c1ccc(OCC#N)cc1. The molecule has 1 atom stereocenters. The Labute approximate surface area is 142 Å². The smallest absolute Gasteiger partial charge is 0.331 e. The highest BCUT2D eigenvalue weighted by Gasteiger charge is 2.08. The molecule has 1 N–H and O–H groups in total. The van der Waals surface area contributed by atoms with Gasteiger partial charge >= 0.3 is 5.97 Å². The Hall–Kier alpha value is -2.81. The molecule has 1 aromatic rings. The second-order valence-electron chi connectivity index (χ2n) is 5.21. The predicted octanol–water partition coefficient (Wildman–Crippen LogP) is 2.45. The van der Waals surface area contributed by atoms with Crippen molar-refractivity contribution < 1.29 is 19.1 Å². The summed E-state index contributed by atoms with van der Waals surface area (Å²) in [5.74, 6) is -0.316. The Balaban J connectivity index is 2.37. The van der Waals surface area contributed by atoms with Gasteiger partial charge in [0.25, 0.3) is 5.91 Å². The van der Waals surface area contributed by atoms with E-state index >= 15 is 0 Å². The van der Waals surface area contributed by atoms with Crippen molar-refractivity contribution in [1.82, 2.24) is 5.32 Å². The lowest BCUT2D eigenvalue weighted by molar-refractivity contribution is -0.144. The Morgan fingerprint density at radius 1 is 1.33 bits per heavy atom. The lowest BCUT2D eigenvalue weighted by atomic mass is 10.2. The maximum absolute atomic E-state index is 11.6. The molecule has 0 aliphatic carbocycles. The van der Waals surface area contributed by atoms with Crippen LogP contribution in [0.5, 0.6) is 5.75 Å². The van der Waals surface area contributed by atoms with Gasteiger partial charge in [-0.1, -0.05) is 25.5 Å². The van der Waals surface area contributed by atoms with Gasteiger partial charge in [0.1, 0.15) is 11.8 Å². The largest absolute Gasteiger partial charge is 0.479 e. The molecule has 1 unspecified atom stereocenters. The summed E-state index contributed by atoms with van der Waals surface area (Å²) in [7, 11) is 0. The molecule has 1 amide bonds. The number of rotatable bonds is 9. The molecule has 0 aliphatic rings. The van der Waals surface area contributed by atoms with Gasteiger partial charge in [0, 0.05) is 12.1 Å². The van der Waals surface area contributed by atoms with Crippen LogP contribution in [0, 0.1) is 11.3 Å². The van der Waals surface area contributed by atoms with Crippen molar-refractivity contribution in [2.24, 2.45) is 0 Å². The third-order valence-corrected chi connectivity index (χ3v) is 3.07. The van der Waals surface area contributed by atoms with E-state index in [0.717, 1.165) is 18.4 Å². The number of hydrogen-bond donors (Lipinski definition) is 1.